The zero-order valence-electron chi connectivity index (χ0n) is 17.4. The summed E-state index contributed by atoms with van der Waals surface area (Å²) < 4.78 is 4.94. The molecule has 1 aliphatic rings. The highest BCUT2D eigenvalue weighted by molar-refractivity contribution is 6.30. The van der Waals surface area contributed by atoms with Gasteiger partial charge in [0.1, 0.15) is 13.2 Å². The van der Waals surface area contributed by atoms with Gasteiger partial charge in [0, 0.05) is 18.0 Å². The minimum Gasteiger partial charge on any atom is -0.463 e. The van der Waals surface area contributed by atoms with Crippen molar-refractivity contribution in [3.8, 4) is 0 Å². The van der Waals surface area contributed by atoms with Crippen molar-refractivity contribution in [1.82, 2.24) is 16.0 Å². The predicted octanol–water partition coefficient (Wildman–Crippen LogP) is 2.71. The second-order valence-electron chi connectivity index (χ2n) is 6.50. The van der Waals surface area contributed by atoms with Crippen molar-refractivity contribution < 1.29 is 19.1 Å². The summed E-state index contributed by atoms with van der Waals surface area (Å²) in [6, 6.07) is 7.18. The van der Waals surface area contributed by atoms with Crippen LogP contribution in [0.15, 0.2) is 48.7 Å². The molecule has 1 atom stereocenters. The summed E-state index contributed by atoms with van der Waals surface area (Å²) in [4.78, 5) is 35.8. The molecule has 2 amide bonds. The Kier molecular flexibility index (Phi) is 12.7. The molecule has 0 aliphatic carbocycles. The minimum absolute atomic E-state index is 0.0662. The number of rotatable bonds is 4. The number of halogens is 1. The summed E-state index contributed by atoms with van der Waals surface area (Å²) in [6.45, 7) is 4.76. The monoisotopic (exact) mass is 435 g/mol. The largest absolute Gasteiger partial charge is 0.463 e. The van der Waals surface area contributed by atoms with Gasteiger partial charge in [-0.05, 0) is 44.2 Å². The number of hydrogen-bond donors (Lipinski definition) is 3. The van der Waals surface area contributed by atoms with E-state index in [1.165, 1.54) is 0 Å². The molecule has 1 aromatic carbocycles. The highest BCUT2D eigenvalue weighted by Gasteiger charge is 2.21. The number of esters is 1. The third-order valence-electron chi connectivity index (χ3n) is 4.11. The maximum absolute atomic E-state index is 12.3. The number of amides is 2. The van der Waals surface area contributed by atoms with Gasteiger partial charge in [0.2, 0.25) is 11.8 Å². The second kappa shape index (κ2) is 15.1. The minimum atomic E-state index is -0.492. The zero-order chi connectivity index (χ0) is 22.2. The molecule has 8 heteroatoms. The van der Waals surface area contributed by atoms with Crippen LogP contribution < -0.4 is 16.0 Å². The van der Waals surface area contributed by atoms with Crippen LogP contribution in [0.3, 0.4) is 0 Å². The lowest BCUT2D eigenvalue weighted by atomic mass is 9.99. The van der Waals surface area contributed by atoms with Crippen LogP contribution in [0.1, 0.15) is 32.3 Å². The van der Waals surface area contributed by atoms with Crippen molar-refractivity contribution in [2.75, 3.05) is 19.7 Å². The fourth-order valence-electron chi connectivity index (χ4n) is 2.37. The van der Waals surface area contributed by atoms with E-state index in [-0.39, 0.29) is 43.9 Å². The molecule has 0 spiro atoms. The van der Waals surface area contributed by atoms with E-state index < -0.39 is 5.92 Å². The smallest absolute Gasteiger partial charge is 0.325 e. The molecule has 0 saturated carbocycles. The highest BCUT2D eigenvalue weighted by atomic mass is 35.5. The molecular formula is C22H30ClN3O4. The number of carbonyl (C=O) groups excluding carboxylic acids is 3. The van der Waals surface area contributed by atoms with E-state index in [2.05, 4.69) is 16.0 Å². The zero-order valence-corrected chi connectivity index (χ0v) is 18.2. The number of cyclic esters (lactones) is 1. The molecule has 0 aromatic heterocycles. The normalized spacial score (nSPS) is 18.4. The Morgan fingerprint density at radius 3 is 2.60 bits per heavy atom. The number of allylic oxidation sites excluding steroid dienone is 3. The van der Waals surface area contributed by atoms with Gasteiger partial charge < -0.3 is 20.7 Å². The summed E-state index contributed by atoms with van der Waals surface area (Å²) in [5.41, 5.74) is 0.928. The van der Waals surface area contributed by atoms with Gasteiger partial charge in [-0.2, -0.15) is 0 Å². The van der Waals surface area contributed by atoms with E-state index in [0.717, 1.165) is 5.56 Å². The Hall–Kier alpha value is -2.80. The molecule has 1 aliphatic heterocycles. The standard InChI is InChI=1S/C18H22ClN3O4.C4H8/c19-15-5-3-13(4-6-15)11-22-16(23)10-14-2-1-7-20-12-17(24)26-9-8-21-18(14)25;1-3-4-2/h1,3-7,14,20H,2,8-12H2,(H,21,25)(H,22,23);3-4H,1-2H3/b7-1+;4-3-. The summed E-state index contributed by atoms with van der Waals surface area (Å²) in [7, 11) is 0. The van der Waals surface area contributed by atoms with Crippen LogP contribution in [0.2, 0.25) is 5.02 Å². The molecule has 1 heterocycles. The molecule has 1 aromatic rings. The van der Waals surface area contributed by atoms with Crippen LogP contribution in [0.25, 0.3) is 0 Å². The maximum atomic E-state index is 12.3. The Balaban J connectivity index is 0.00000103. The Morgan fingerprint density at radius 1 is 1.23 bits per heavy atom. The van der Waals surface area contributed by atoms with Crippen molar-refractivity contribution in [2.45, 2.75) is 33.2 Å². The topological polar surface area (TPSA) is 96.5 Å². The summed E-state index contributed by atoms with van der Waals surface area (Å²) in [5.74, 6) is -1.33. The van der Waals surface area contributed by atoms with E-state index in [0.29, 0.717) is 18.0 Å². The van der Waals surface area contributed by atoms with Crippen LogP contribution in [0, 0.1) is 5.92 Å². The van der Waals surface area contributed by atoms with Crippen LogP contribution in [0.5, 0.6) is 0 Å². The van der Waals surface area contributed by atoms with Crippen molar-refractivity contribution in [1.29, 1.82) is 0 Å². The van der Waals surface area contributed by atoms with Gasteiger partial charge in [-0.3, -0.25) is 14.4 Å². The van der Waals surface area contributed by atoms with Crippen molar-refractivity contribution in [2.24, 2.45) is 5.92 Å². The second-order valence-corrected chi connectivity index (χ2v) is 6.94. The molecule has 3 N–H and O–H groups in total. The van der Waals surface area contributed by atoms with Gasteiger partial charge >= 0.3 is 5.97 Å². The molecule has 0 radical (unpaired) electrons. The molecule has 2 rings (SSSR count). The van der Waals surface area contributed by atoms with Gasteiger partial charge in [-0.25, -0.2) is 0 Å². The summed E-state index contributed by atoms with van der Waals surface area (Å²) in [5, 5.41) is 8.93. The number of carbonyl (C=O) groups is 3. The lowest BCUT2D eigenvalue weighted by Crippen LogP contribution is -2.37. The van der Waals surface area contributed by atoms with Gasteiger partial charge in [0.15, 0.2) is 0 Å². The van der Waals surface area contributed by atoms with Gasteiger partial charge in [-0.15, -0.1) is 0 Å². The van der Waals surface area contributed by atoms with Crippen LogP contribution in [-0.4, -0.2) is 37.5 Å². The molecule has 30 heavy (non-hydrogen) atoms. The van der Waals surface area contributed by atoms with E-state index >= 15 is 0 Å². The average Bonchev–Trinajstić information content (AvgIpc) is 2.74. The predicted molar refractivity (Wildman–Crippen MR) is 118 cm³/mol. The van der Waals surface area contributed by atoms with Gasteiger partial charge in [0.25, 0.3) is 0 Å². The average molecular weight is 436 g/mol. The number of ether oxygens (including phenoxy) is 1. The number of benzene rings is 1. The fourth-order valence-corrected chi connectivity index (χ4v) is 2.50. The Bertz CT molecular complexity index is 728. The molecule has 7 nitrogen and oxygen atoms in total. The first-order valence-corrected chi connectivity index (χ1v) is 10.2. The number of nitrogens with one attached hydrogen (secondary N) is 3. The quantitative estimate of drug-likeness (QED) is 0.499. The van der Waals surface area contributed by atoms with E-state index in [1.807, 2.05) is 38.1 Å². The molecule has 1 unspecified atom stereocenters. The molecular weight excluding hydrogens is 406 g/mol. The van der Waals surface area contributed by atoms with Crippen LogP contribution in [0.4, 0.5) is 0 Å². The van der Waals surface area contributed by atoms with E-state index in [9.17, 15) is 14.4 Å². The van der Waals surface area contributed by atoms with Crippen molar-refractivity contribution in [3.05, 3.63) is 59.3 Å². The lowest BCUT2D eigenvalue weighted by molar-refractivity contribution is -0.142. The first kappa shape index (κ1) is 25.2. The van der Waals surface area contributed by atoms with E-state index in [4.69, 9.17) is 16.3 Å². The third kappa shape index (κ3) is 11.3. The Labute approximate surface area is 182 Å². The van der Waals surface area contributed by atoms with Gasteiger partial charge in [0.05, 0.1) is 12.5 Å². The van der Waals surface area contributed by atoms with E-state index in [1.54, 1.807) is 24.4 Å². The first-order valence-electron chi connectivity index (χ1n) is 9.86. The van der Waals surface area contributed by atoms with Crippen LogP contribution in [-0.2, 0) is 25.7 Å². The highest BCUT2D eigenvalue weighted by Crippen LogP contribution is 2.12. The summed E-state index contributed by atoms with van der Waals surface area (Å²) in [6.07, 6.45) is 7.78. The fraction of sp³-hybridized carbons (Fsp3) is 0.409. The SMILES string of the molecule is C/C=C\C.O=C(CC1C/C=C/NCC(=O)OCCNC1=O)NCc1ccc(Cl)cc1. The first-order chi connectivity index (χ1) is 14.5. The summed E-state index contributed by atoms with van der Waals surface area (Å²) >= 11 is 5.83. The van der Waals surface area contributed by atoms with Crippen LogP contribution >= 0.6 is 11.6 Å². The lowest BCUT2D eigenvalue weighted by Gasteiger charge is -2.16. The maximum Gasteiger partial charge on any atom is 0.325 e. The molecule has 0 bridgehead atoms. The number of hydrogen-bond acceptors (Lipinski definition) is 5. The van der Waals surface area contributed by atoms with Crippen molar-refractivity contribution >= 4 is 29.4 Å². The molecule has 0 fully saturated rings. The van der Waals surface area contributed by atoms with Crippen molar-refractivity contribution in [3.63, 3.8) is 0 Å². The van der Waals surface area contributed by atoms with Gasteiger partial charge in [-0.1, -0.05) is 42.0 Å². The third-order valence-corrected chi connectivity index (χ3v) is 4.36. The molecule has 164 valence electrons. The Morgan fingerprint density at radius 2 is 1.93 bits per heavy atom. The molecule has 0 saturated heterocycles.